The molecular formula is C14H18N2OS. The van der Waals surface area contributed by atoms with Crippen molar-refractivity contribution in [2.75, 3.05) is 5.32 Å². The van der Waals surface area contributed by atoms with E-state index in [2.05, 4.69) is 29.4 Å². The predicted molar refractivity (Wildman–Crippen MR) is 75.9 cm³/mol. The van der Waals surface area contributed by atoms with Crippen LogP contribution in [0.1, 0.15) is 35.4 Å². The number of aryl methyl sites for hydroxylation is 1. The zero-order chi connectivity index (χ0) is 13.0. The van der Waals surface area contributed by atoms with Crippen molar-refractivity contribution in [3.8, 4) is 0 Å². The van der Waals surface area contributed by atoms with E-state index >= 15 is 0 Å². The van der Waals surface area contributed by atoms with Gasteiger partial charge in [-0.15, -0.1) is 11.3 Å². The second kappa shape index (κ2) is 5.98. The number of nitrogens with one attached hydrogen (secondary N) is 1. The molecule has 1 unspecified atom stereocenters. The van der Waals surface area contributed by atoms with Crippen molar-refractivity contribution in [3.05, 3.63) is 45.8 Å². The first kappa shape index (κ1) is 13.1. The van der Waals surface area contributed by atoms with Gasteiger partial charge in [0.1, 0.15) is 5.82 Å². The van der Waals surface area contributed by atoms with E-state index in [1.165, 1.54) is 9.75 Å². The van der Waals surface area contributed by atoms with E-state index < -0.39 is 6.10 Å². The Labute approximate surface area is 112 Å². The van der Waals surface area contributed by atoms with Gasteiger partial charge in [-0.05, 0) is 37.6 Å². The Morgan fingerprint density at radius 3 is 2.72 bits per heavy atom. The molecule has 0 fully saturated rings. The Hall–Kier alpha value is -1.39. The molecule has 0 amide bonds. The van der Waals surface area contributed by atoms with Gasteiger partial charge < -0.3 is 10.4 Å². The highest BCUT2D eigenvalue weighted by Crippen LogP contribution is 2.18. The second-order valence-electron chi connectivity index (χ2n) is 4.20. The van der Waals surface area contributed by atoms with Gasteiger partial charge in [0.15, 0.2) is 0 Å². The molecular weight excluding hydrogens is 244 g/mol. The Kier molecular flexibility index (Phi) is 4.33. The molecule has 0 radical (unpaired) electrons. The molecule has 96 valence electrons. The third-order valence-electron chi connectivity index (χ3n) is 2.71. The minimum atomic E-state index is -0.528. The van der Waals surface area contributed by atoms with Crippen LogP contribution in [0.3, 0.4) is 0 Å². The second-order valence-corrected chi connectivity index (χ2v) is 5.45. The summed E-state index contributed by atoms with van der Waals surface area (Å²) in [4.78, 5) is 7.06. The smallest absolute Gasteiger partial charge is 0.126 e. The number of hydrogen-bond acceptors (Lipinski definition) is 4. The average molecular weight is 262 g/mol. The number of nitrogens with zero attached hydrogens (tertiary/aromatic N) is 1. The number of hydrogen-bond donors (Lipinski definition) is 2. The molecule has 4 heteroatoms. The highest BCUT2D eigenvalue weighted by molar-refractivity contribution is 7.12. The number of aromatic nitrogens is 1. The van der Waals surface area contributed by atoms with Crippen LogP contribution in [0.5, 0.6) is 0 Å². The maximum absolute atomic E-state index is 9.48. The fourth-order valence-electron chi connectivity index (χ4n) is 1.67. The fraction of sp³-hybridized carbons (Fsp3) is 0.357. The Morgan fingerprint density at radius 1 is 1.28 bits per heavy atom. The highest BCUT2D eigenvalue weighted by atomic mass is 32.1. The first-order valence-corrected chi connectivity index (χ1v) is 6.97. The molecule has 0 saturated heterocycles. The van der Waals surface area contributed by atoms with Crippen molar-refractivity contribution in [1.82, 2.24) is 4.98 Å². The van der Waals surface area contributed by atoms with E-state index in [0.29, 0.717) is 5.69 Å². The summed E-state index contributed by atoms with van der Waals surface area (Å²) in [7, 11) is 0. The van der Waals surface area contributed by atoms with E-state index in [1.807, 2.05) is 29.5 Å². The molecule has 1 atom stereocenters. The zero-order valence-electron chi connectivity index (χ0n) is 10.7. The maximum Gasteiger partial charge on any atom is 0.126 e. The van der Waals surface area contributed by atoms with Crippen LogP contribution >= 0.6 is 11.3 Å². The summed E-state index contributed by atoms with van der Waals surface area (Å²) >= 11 is 1.82. The molecule has 2 N–H and O–H groups in total. The van der Waals surface area contributed by atoms with Gasteiger partial charge in [-0.1, -0.05) is 13.0 Å². The van der Waals surface area contributed by atoms with Crippen molar-refractivity contribution >= 4 is 17.2 Å². The minimum Gasteiger partial charge on any atom is -0.387 e. The Bertz CT molecular complexity index is 508. The van der Waals surface area contributed by atoms with Gasteiger partial charge in [-0.3, -0.25) is 0 Å². The van der Waals surface area contributed by atoms with Crippen LogP contribution in [-0.4, -0.2) is 10.1 Å². The molecule has 0 aliphatic carbocycles. The molecule has 0 aromatic carbocycles. The largest absolute Gasteiger partial charge is 0.387 e. The van der Waals surface area contributed by atoms with Crippen LogP contribution in [0.25, 0.3) is 0 Å². The summed E-state index contributed by atoms with van der Waals surface area (Å²) in [6.07, 6.45) is 0.556. The summed E-state index contributed by atoms with van der Waals surface area (Å²) in [6.45, 7) is 4.66. The van der Waals surface area contributed by atoms with Crippen LogP contribution in [0.15, 0.2) is 30.3 Å². The number of aliphatic hydroxyl groups excluding tert-OH is 1. The summed E-state index contributed by atoms with van der Waals surface area (Å²) in [5.74, 6) is 0.805. The SMILES string of the molecule is CCc1ccc(CNc2cccc(C(C)O)n2)s1. The topological polar surface area (TPSA) is 45.1 Å². The molecule has 2 rings (SSSR count). The Balaban J connectivity index is 1.99. The summed E-state index contributed by atoms with van der Waals surface area (Å²) in [5.41, 5.74) is 0.695. The van der Waals surface area contributed by atoms with E-state index in [4.69, 9.17) is 0 Å². The lowest BCUT2D eigenvalue weighted by Crippen LogP contribution is -2.02. The number of pyridine rings is 1. The lowest BCUT2D eigenvalue weighted by Gasteiger charge is -2.08. The van der Waals surface area contributed by atoms with Crippen molar-refractivity contribution in [2.24, 2.45) is 0 Å². The van der Waals surface area contributed by atoms with Crippen LogP contribution in [0, 0.1) is 0 Å². The quantitative estimate of drug-likeness (QED) is 0.868. The van der Waals surface area contributed by atoms with Crippen LogP contribution in [0.4, 0.5) is 5.82 Å². The molecule has 0 aliphatic rings. The van der Waals surface area contributed by atoms with E-state index in [1.54, 1.807) is 6.92 Å². The fourth-order valence-corrected chi connectivity index (χ4v) is 2.57. The van der Waals surface area contributed by atoms with Gasteiger partial charge in [0.25, 0.3) is 0 Å². The van der Waals surface area contributed by atoms with E-state index in [0.717, 1.165) is 18.8 Å². The van der Waals surface area contributed by atoms with E-state index in [-0.39, 0.29) is 0 Å². The molecule has 18 heavy (non-hydrogen) atoms. The maximum atomic E-state index is 9.48. The van der Waals surface area contributed by atoms with Crippen LogP contribution in [0.2, 0.25) is 0 Å². The normalized spacial score (nSPS) is 12.4. The first-order valence-electron chi connectivity index (χ1n) is 6.15. The summed E-state index contributed by atoms with van der Waals surface area (Å²) < 4.78 is 0. The number of aliphatic hydroxyl groups is 1. The highest BCUT2D eigenvalue weighted by Gasteiger charge is 2.04. The predicted octanol–water partition coefficient (Wildman–Crippen LogP) is 3.37. The zero-order valence-corrected chi connectivity index (χ0v) is 11.5. The molecule has 2 aromatic heterocycles. The van der Waals surface area contributed by atoms with Crippen molar-refractivity contribution in [3.63, 3.8) is 0 Å². The summed E-state index contributed by atoms with van der Waals surface area (Å²) in [5, 5.41) is 12.8. The number of rotatable bonds is 5. The lowest BCUT2D eigenvalue weighted by atomic mass is 10.2. The first-order chi connectivity index (χ1) is 8.69. The van der Waals surface area contributed by atoms with Gasteiger partial charge in [0.05, 0.1) is 18.3 Å². The Morgan fingerprint density at radius 2 is 2.06 bits per heavy atom. The molecule has 0 bridgehead atoms. The number of anilines is 1. The lowest BCUT2D eigenvalue weighted by molar-refractivity contribution is 0.194. The van der Waals surface area contributed by atoms with Crippen molar-refractivity contribution in [1.29, 1.82) is 0 Å². The van der Waals surface area contributed by atoms with Crippen LogP contribution in [-0.2, 0) is 13.0 Å². The van der Waals surface area contributed by atoms with Crippen LogP contribution < -0.4 is 5.32 Å². The molecule has 0 aliphatic heterocycles. The van der Waals surface area contributed by atoms with Gasteiger partial charge >= 0.3 is 0 Å². The molecule has 3 nitrogen and oxygen atoms in total. The van der Waals surface area contributed by atoms with Gasteiger partial charge in [0, 0.05) is 9.75 Å². The standard InChI is InChI=1S/C14H18N2OS/c1-3-11-7-8-12(18-11)9-15-14-6-4-5-13(16-14)10(2)17/h4-8,10,17H,3,9H2,1-2H3,(H,15,16). The van der Waals surface area contributed by atoms with E-state index in [9.17, 15) is 5.11 Å². The molecule has 2 heterocycles. The minimum absolute atomic E-state index is 0.528. The van der Waals surface area contributed by atoms with Gasteiger partial charge in [0.2, 0.25) is 0 Å². The molecule has 0 saturated carbocycles. The van der Waals surface area contributed by atoms with Gasteiger partial charge in [-0.25, -0.2) is 4.98 Å². The third-order valence-corrected chi connectivity index (χ3v) is 3.94. The summed E-state index contributed by atoms with van der Waals surface area (Å²) in [6, 6.07) is 9.97. The van der Waals surface area contributed by atoms with Crippen molar-refractivity contribution < 1.29 is 5.11 Å². The van der Waals surface area contributed by atoms with Gasteiger partial charge in [-0.2, -0.15) is 0 Å². The number of thiophene rings is 1. The van der Waals surface area contributed by atoms with Crippen molar-refractivity contribution in [2.45, 2.75) is 32.9 Å². The molecule has 0 spiro atoms. The molecule has 2 aromatic rings. The monoisotopic (exact) mass is 262 g/mol. The third kappa shape index (κ3) is 3.31. The average Bonchev–Trinajstić information content (AvgIpc) is 2.84.